The lowest BCUT2D eigenvalue weighted by Gasteiger charge is -2.43. The van der Waals surface area contributed by atoms with Crippen LogP contribution in [0.2, 0.25) is 0 Å². The Kier molecular flexibility index (Phi) is 4.99. The van der Waals surface area contributed by atoms with Gasteiger partial charge < -0.3 is 9.47 Å². The smallest absolute Gasteiger partial charge is 0.250 e. The number of benzene rings is 2. The first-order valence-electron chi connectivity index (χ1n) is 10.8. The summed E-state index contributed by atoms with van der Waals surface area (Å²) in [6.45, 7) is 2.16. The van der Waals surface area contributed by atoms with Crippen molar-refractivity contribution in [1.29, 1.82) is 0 Å². The van der Waals surface area contributed by atoms with E-state index in [1.54, 1.807) is 6.07 Å². The van der Waals surface area contributed by atoms with Gasteiger partial charge in [-0.05, 0) is 29.5 Å². The minimum Gasteiger partial charge on any atom is -0.342 e. The van der Waals surface area contributed by atoms with Gasteiger partial charge >= 0.3 is 0 Å². The fourth-order valence-corrected chi connectivity index (χ4v) is 5.20. The summed E-state index contributed by atoms with van der Waals surface area (Å²) in [5.74, 6) is 0.861. The molecular weight excluding hydrogens is 372 g/mol. The summed E-state index contributed by atoms with van der Waals surface area (Å²) < 4.78 is 1.91. The maximum Gasteiger partial charge on any atom is 0.250 e. The highest BCUT2D eigenvalue weighted by molar-refractivity contribution is 5.78. The summed E-state index contributed by atoms with van der Waals surface area (Å²) in [5, 5.41) is 0. The standard InChI is InChI=1S/C26H26N2O2/c29-25-13-7-12-24-22-14-19(17-28(24)25)16-27(18-22)26(30)15-23(20-8-3-1-4-9-20)21-10-5-2-6-11-21/h1-13,19,22-23H,14-18H2/t19-,22-/m1/s1. The number of pyridine rings is 1. The van der Waals surface area contributed by atoms with Gasteiger partial charge in [0, 0.05) is 49.7 Å². The van der Waals surface area contributed by atoms with Crippen LogP contribution in [0.4, 0.5) is 0 Å². The van der Waals surface area contributed by atoms with Crippen LogP contribution >= 0.6 is 0 Å². The molecule has 0 saturated carbocycles. The number of carbonyl (C=O) groups excluding carboxylic acids is 1. The van der Waals surface area contributed by atoms with Crippen LogP contribution in [0.3, 0.4) is 0 Å². The van der Waals surface area contributed by atoms with E-state index in [4.69, 9.17) is 0 Å². The lowest BCUT2D eigenvalue weighted by Crippen LogP contribution is -2.49. The summed E-state index contributed by atoms with van der Waals surface area (Å²) in [5.41, 5.74) is 3.51. The normalized spacial score (nSPS) is 20.1. The molecule has 1 saturated heterocycles. The van der Waals surface area contributed by atoms with E-state index in [9.17, 15) is 9.59 Å². The van der Waals surface area contributed by atoms with Crippen LogP contribution in [0.25, 0.3) is 0 Å². The molecule has 5 rings (SSSR count). The molecule has 3 heterocycles. The fraction of sp³-hybridized carbons (Fsp3) is 0.308. The molecule has 4 nitrogen and oxygen atoms in total. The van der Waals surface area contributed by atoms with E-state index in [1.807, 2.05) is 58.0 Å². The van der Waals surface area contributed by atoms with Crippen molar-refractivity contribution in [2.24, 2.45) is 5.92 Å². The summed E-state index contributed by atoms with van der Waals surface area (Å²) in [4.78, 5) is 27.7. The molecule has 4 heteroatoms. The first kappa shape index (κ1) is 18.9. The predicted octanol–water partition coefficient (Wildman–Crippen LogP) is 4.02. The van der Waals surface area contributed by atoms with Gasteiger partial charge in [-0.2, -0.15) is 0 Å². The molecule has 2 aromatic carbocycles. The number of nitrogens with zero attached hydrogens (tertiary/aromatic N) is 2. The Morgan fingerprint density at radius 1 is 0.833 bits per heavy atom. The van der Waals surface area contributed by atoms with Crippen molar-refractivity contribution in [3.8, 4) is 0 Å². The van der Waals surface area contributed by atoms with E-state index in [1.165, 1.54) is 11.1 Å². The molecule has 152 valence electrons. The highest BCUT2D eigenvalue weighted by Crippen LogP contribution is 2.36. The molecule has 30 heavy (non-hydrogen) atoms. The number of fused-ring (bicyclic) bond motifs is 4. The largest absolute Gasteiger partial charge is 0.342 e. The molecule has 2 atom stereocenters. The van der Waals surface area contributed by atoms with Crippen molar-refractivity contribution in [3.05, 3.63) is 106 Å². The Hall–Kier alpha value is -3.14. The molecule has 1 aromatic heterocycles. The summed E-state index contributed by atoms with van der Waals surface area (Å²) in [7, 11) is 0. The monoisotopic (exact) mass is 398 g/mol. The number of amides is 1. The van der Waals surface area contributed by atoms with Crippen LogP contribution in [0.1, 0.15) is 41.5 Å². The number of likely N-dealkylation sites (tertiary alicyclic amines) is 1. The lowest BCUT2D eigenvalue weighted by atomic mass is 9.82. The van der Waals surface area contributed by atoms with E-state index in [0.717, 1.165) is 25.2 Å². The molecule has 0 radical (unpaired) electrons. The molecule has 0 N–H and O–H groups in total. The molecule has 3 aromatic rings. The number of piperidine rings is 1. The zero-order valence-electron chi connectivity index (χ0n) is 17.0. The average molecular weight is 399 g/mol. The van der Waals surface area contributed by atoms with Crippen molar-refractivity contribution in [3.63, 3.8) is 0 Å². The maximum absolute atomic E-state index is 13.4. The molecule has 0 aliphatic carbocycles. The molecule has 2 bridgehead atoms. The Labute approximate surface area is 176 Å². The van der Waals surface area contributed by atoms with E-state index in [0.29, 0.717) is 18.9 Å². The van der Waals surface area contributed by atoms with Crippen LogP contribution in [0.15, 0.2) is 83.7 Å². The highest BCUT2D eigenvalue weighted by atomic mass is 16.2. The SMILES string of the molecule is O=C(CC(c1ccccc1)c1ccccc1)N1C[C@H]2C[C@H](C1)c1cccc(=O)n1C2. The van der Waals surface area contributed by atoms with Crippen molar-refractivity contribution >= 4 is 5.91 Å². The number of rotatable bonds is 4. The lowest BCUT2D eigenvalue weighted by molar-refractivity contribution is -0.134. The zero-order chi connectivity index (χ0) is 20.5. The third-order valence-corrected chi connectivity index (χ3v) is 6.62. The summed E-state index contributed by atoms with van der Waals surface area (Å²) in [6, 6.07) is 26.1. The van der Waals surface area contributed by atoms with Crippen molar-refractivity contribution < 1.29 is 4.79 Å². The van der Waals surface area contributed by atoms with E-state index in [-0.39, 0.29) is 23.3 Å². The van der Waals surface area contributed by atoms with Gasteiger partial charge in [0.05, 0.1) is 0 Å². The van der Waals surface area contributed by atoms with Crippen LogP contribution < -0.4 is 5.56 Å². The molecule has 1 amide bonds. The maximum atomic E-state index is 13.4. The number of hydrogen-bond donors (Lipinski definition) is 0. The predicted molar refractivity (Wildman–Crippen MR) is 117 cm³/mol. The number of carbonyl (C=O) groups is 1. The van der Waals surface area contributed by atoms with Crippen molar-refractivity contribution in [1.82, 2.24) is 9.47 Å². The van der Waals surface area contributed by atoms with E-state index < -0.39 is 0 Å². The van der Waals surface area contributed by atoms with Gasteiger partial charge in [-0.25, -0.2) is 0 Å². The number of aromatic nitrogens is 1. The zero-order valence-corrected chi connectivity index (χ0v) is 17.0. The van der Waals surface area contributed by atoms with Gasteiger partial charge in [-0.3, -0.25) is 9.59 Å². The van der Waals surface area contributed by atoms with Gasteiger partial charge in [0.15, 0.2) is 0 Å². The summed E-state index contributed by atoms with van der Waals surface area (Å²) >= 11 is 0. The second-order valence-corrected chi connectivity index (χ2v) is 8.57. The van der Waals surface area contributed by atoms with Crippen LogP contribution in [0, 0.1) is 5.92 Å². The Bertz CT molecular complexity index is 1050. The Balaban J connectivity index is 1.39. The van der Waals surface area contributed by atoms with Gasteiger partial charge in [0.1, 0.15) is 0 Å². The minimum atomic E-state index is 0.0524. The average Bonchev–Trinajstić information content (AvgIpc) is 2.79. The first-order valence-corrected chi connectivity index (χ1v) is 10.8. The molecule has 0 spiro atoms. The molecule has 1 fully saturated rings. The highest BCUT2D eigenvalue weighted by Gasteiger charge is 2.36. The molecule has 2 aliphatic rings. The van der Waals surface area contributed by atoms with Gasteiger partial charge in [0.25, 0.3) is 5.56 Å². The number of hydrogen-bond acceptors (Lipinski definition) is 2. The second kappa shape index (κ2) is 7.94. The third-order valence-electron chi connectivity index (χ3n) is 6.62. The van der Waals surface area contributed by atoms with E-state index >= 15 is 0 Å². The Morgan fingerprint density at radius 2 is 1.50 bits per heavy atom. The van der Waals surface area contributed by atoms with Crippen molar-refractivity contribution in [2.45, 2.75) is 31.2 Å². The van der Waals surface area contributed by atoms with Gasteiger partial charge in [-0.15, -0.1) is 0 Å². The molecular formula is C26H26N2O2. The summed E-state index contributed by atoms with van der Waals surface area (Å²) in [6.07, 6.45) is 1.53. The first-order chi connectivity index (χ1) is 14.7. The van der Waals surface area contributed by atoms with Crippen LogP contribution in [-0.2, 0) is 11.3 Å². The fourth-order valence-electron chi connectivity index (χ4n) is 5.20. The Morgan fingerprint density at radius 3 is 2.17 bits per heavy atom. The quantitative estimate of drug-likeness (QED) is 0.666. The van der Waals surface area contributed by atoms with Crippen LogP contribution in [0.5, 0.6) is 0 Å². The van der Waals surface area contributed by atoms with Gasteiger partial charge in [0.2, 0.25) is 5.91 Å². The second-order valence-electron chi connectivity index (χ2n) is 8.57. The van der Waals surface area contributed by atoms with Crippen LogP contribution in [-0.4, -0.2) is 28.5 Å². The topological polar surface area (TPSA) is 42.3 Å². The molecule has 0 unspecified atom stereocenters. The third kappa shape index (κ3) is 3.58. The van der Waals surface area contributed by atoms with E-state index in [2.05, 4.69) is 24.3 Å². The van der Waals surface area contributed by atoms with Gasteiger partial charge in [-0.1, -0.05) is 66.7 Å². The minimum absolute atomic E-state index is 0.0524. The van der Waals surface area contributed by atoms with Crippen molar-refractivity contribution in [2.75, 3.05) is 13.1 Å². The molecule has 2 aliphatic heterocycles.